The summed E-state index contributed by atoms with van der Waals surface area (Å²) in [5, 5.41) is 8.21. The van der Waals surface area contributed by atoms with E-state index in [-0.39, 0.29) is 6.04 Å². The highest BCUT2D eigenvalue weighted by molar-refractivity contribution is 9.10. The molecule has 0 aliphatic rings. The molecule has 0 saturated heterocycles. The van der Waals surface area contributed by atoms with Crippen LogP contribution < -0.4 is 5.32 Å². The van der Waals surface area contributed by atoms with Gasteiger partial charge in [0.15, 0.2) is 0 Å². The van der Waals surface area contributed by atoms with Gasteiger partial charge in [-0.15, -0.1) is 0 Å². The molecule has 0 spiro atoms. The van der Waals surface area contributed by atoms with Crippen molar-refractivity contribution in [3.63, 3.8) is 0 Å². The van der Waals surface area contributed by atoms with Crippen LogP contribution >= 0.6 is 15.9 Å². The molecule has 0 saturated carbocycles. The van der Waals surface area contributed by atoms with E-state index in [0.717, 1.165) is 41.9 Å². The zero-order valence-electron chi connectivity index (χ0n) is 13.2. The molecule has 2 aromatic heterocycles. The van der Waals surface area contributed by atoms with E-state index in [9.17, 15) is 0 Å². The third kappa shape index (κ3) is 3.37. The second kappa shape index (κ2) is 7.22. The number of likely N-dealkylation sites (N-methyl/N-ethyl adjacent to an activating group) is 1. The van der Waals surface area contributed by atoms with Crippen molar-refractivity contribution >= 4 is 15.9 Å². The van der Waals surface area contributed by atoms with Crippen LogP contribution in [0.1, 0.15) is 44.0 Å². The average molecular weight is 354 g/mol. The maximum atomic E-state index is 4.68. The summed E-state index contributed by atoms with van der Waals surface area (Å²) in [5.74, 6) is 1.06. The minimum atomic E-state index is 0.193. The largest absolute Gasteiger partial charge is 0.337 e. The van der Waals surface area contributed by atoms with Crippen molar-refractivity contribution < 1.29 is 0 Å². The Morgan fingerprint density at radius 2 is 2.10 bits per heavy atom. The maximum Gasteiger partial charge on any atom is 0.125 e. The smallest absolute Gasteiger partial charge is 0.125 e. The number of halogens is 1. The van der Waals surface area contributed by atoms with E-state index in [0.29, 0.717) is 0 Å². The molecule has 0 bridgehead atoms. The highest BCUT2D eigenvalue weighted by atomic mass is 79.9. The van der Waals surface area contributed by atoms with Crippen molar-refractivity contribution in [3.8, 4) is 0 Å². The van der Waals surface area contributed by atoms with Crippen LogP contribution in [-0.4, -0.2) is 25.9 Å². The fraction of sp³-hybridized carbons (Fsp3) is 0.600. The molecule has 1 unspecified atom stereocenters. The maximum absolute atomic E-state index is 4.68. The molecule has 2 aromatic rings. The van der Waals surface area contributed by atoms with Crippen molar-refractivity contribution in [3.05, 3.63) is 34.1 Å². The van der Waals surface area contributed by atoms with Crippen LogP contribution in [0, 0.1) is 0 Å². The Morgan fingerprint density at radius 3 is 2.62 bits per heavy atom. The van der Waals surface area contributed by atoms with E-state index in [4.69, 9.17) is 0 Å². The first-order valence-electron chi connectivity index (χ1n) is 7.56. The first-order chi connectivity index (χ1) is 10.1. The lowest BCUT2D eigenvalue weighted by Crippen LogP contribution is -2.26. The van der Waals surface area contributed by atoms with Gasteiger partial charge >= 0.3 is 0 Å². The third-order valence-electron chi connectivity index (χ3n) is 3.71. The van der Waals surface area contributed by atoms with Crippen molar-refractivity contribution in [2.45, 2.75) is 46.2 Å². The molecular formula is C15H24BrN5. The van der Waals surface area contributed by atoms with E-state index in [1.807, 2.05) is 19.4 Å². The monoisotopic (exact) mass is 353 g/mol. The summed E-state index contributed by atoms with van der Waals surface area (Å²) < 4.78 is 5.31. The Bertz CT molecular complexity index is 587. The number of aromatic nitrogens is 4. The number of nitrogens with zero attached hydrogens (tertiary/aromatic N) is 4. The van der Waals surface area contributed by atoms with E-state index in [1.54, 1.807) is 0 Å². The van der Waals surface area contributed by atoms with E-state index in [2.05, 4.69) is 61.3 Å². The topological polar surface area (TPSA) is 47.7 Å². The summed E-state index contributed by atoms with van der Waals surface area (Å²) in [5.41, 5.74) is 2.37. The first kappa shape index (κ1) is 16.2. The summed E-state index contributed by atoms with van der Waals surface area (Å²) in [6, 6.07) is 0.193. The van der Waals surface area contributed by atoms with Gasteiger partial charge in [0.05, 0.1) is 21.9 Å². The normalized spacial score (nSPS) is 12.8. The van der Waals surface area contributed by atoms with Crippen LogP contribution in [0.5, 0.6) is 0 Å². The lowest BCUT2D eigenvalue weighted by molar-refractivity contribution is 0.483. The Labute approximate surface area is 134 Å². The third-order valence-corrected chi connectivity index (χ3v) is 4.63. The van der Waals surface area contributed by atoms with Crippen molar-refractivity contribution in [2.75, 3.05) is 6.54 Å². The fourth-order valence-corrected chi connectivity index (χ4v) is 3.35. The predicted octanol–water partition coefficient (Wildman–Crippen LogP) is 2.85. The van der Waals surface area contributed by atoms with Gasteiger partial charge in [0, 0.05) is 32.4 Å². The lowest BCUT2D eigenvalue weighted by Gasteiger charge is -2.18. The zero-order chi connectivity index (χ0) is 15.4. The first-order valence-corrected chi connectivity index (χ1v) is 8.36. The molecule has 6 heteroatoms. The van der Waals surface area contributed by atoms with Crippen LogP contribution in [0.2, 0.25) is 0 Å². The molecule has 0 radical (unpaired) electrons. The van der Waals surface area contributed by atoms with Gasteiger partial charge in [-0.25, -0.2) is 4.98 Å². The molecule has 2 heterocycles. The van der Waals surface area contributed by atoms with Crippen LogP contribution in [0.3, 0.4) is 0 Å². The molecular weight excluding hydrogens is 330 g/mol. The molecule has 0 fully saturated rings. The summed E-state index contributed by atoms with van der Waals surface area (Å²) >= 11 is 3.73. The number of nitrogens with one attached hydrogen (secondary N) is 1. The SMILES string of the molecule is CCNC(Cc1c(Br)c(CC)nn1CC)c1nccn1C. The molecule has 1 atom stereocenters. The fourth-order valence-electron chi connectivity index (χ4n) is 2.62. The Balaban J connectivity index is 2.33. The highest BCUT2D eigenvalue weighted by Gasteiger charge is 2.21. The molecule has 5 nitrogen and oxygen atoms in total. The standard InChI is InChI=1S/C15H24BrN5/c1-5-11-14(16)13(21(7-3)19-11)10-12(17-6-2)15-18-8-9-20(15)4/h8-9,12,17H,5-7,10H2,1-4H3. The van der Waals surface area contributed by atoms with Crippen LogP contribution in [0.25, 0.3) is 0 Å². The summed E-state index contributed by atoms with van der Waals surface area (Å²) in [6.07, 6.45) is 5.65. The summed E-state index contributed by atoms with van der Waals surface area (Å²) in [7, 11) is 2.04. The summed E-state index contributed by atoms with van der Waals surface area (Å²) in [4.78, 5) is 4.50. The van der Waals surface area contributed by atoms with Crippen molar-refractivity contribution in [2.24, 2.45) is 7.05 Å². The molecule has 0 aliphatic carbocycles. The molecule has 0 aromatic carbocycles. The number of imidazole rings is 1. The number of aryl methyl sites for hydroxylation is 3. The zero-order valence-corrected chi connectivity index (χ0v) is 14.8. The van der Waals surface area contributed by atoms with Gasteiger partial charge in [-0.05, 0) is 35.8 Å². The van der Waals surface area contributed by atoms with Gasteiger partial charge in [-0.3, -0.25) is 4.68 Å². The molecule has 21 heavy (non-hydrogen) atoms. The Morgan fingerprint density at radius 1 is 1.33 bits per heavy atom. The van der Waals surface area contributed by atoms with Crippen molar-refractivity contribution in [1.29, 1.82) is 0 Å². The van der Waals surface area contributed by atoms with Gasteiger partial charge in [-0.1, -0.05) is 13.8 Å². The Kier molecular flexibility index (Phi) is 5.58. The number of rotatable bonds is 7. The molecule has 2 rings (SSSR count). The molecule has 0 amide bonds. The molecule has 1 N–H and O–H groups in total. The van der Waals surface area contributed by atoms with Crippen LogP contribution in [0.4, 0.5) is 0 Å². The predicted molar refractivity (Wildman–Crippen MR) is 88.3 cm³/mol. The van der Waals surface area contributed by atoms with Gasteiger partial charge < -0.3 is 9.88 Å². The second-order valence-electron chi connectivity index (χ2n) is 5.09. The van der Waals surface area contributed by atoms with Crippen molar-refractivity contribution in [1.82, 2.24) is 24.6 Å². The second-order valence-corrected chi connectivity index (χ2v) is 5.88. The van der Waals surface area contributed by atoms with Gasteiger partial charge in [0.2, 0.25) is 0 Å². The minimum Gasteiger partial charge on any atom is -0.337 e. The summed E-state index contributed by atoms with van der Waals surface area (Å²) in [6.45, 7) is 8.19. The highest BCUT2D eigenvalue weighted by Crippen LogP contribution is 2.26. The van der Waals surface area contributed by atoms with E-state index >= 15 is 0 Å². The van der Waals surface area contributed by atoms with Gasteiger partial charge in [-0.2, -0.15) is 5.10 Å². The van der Waals surface area contributed by atoms with Gasteiger partial charge in [0.25, 0.3) is 0 Å². The van der Waals surface area contributed by atoms with Gasteiger partial charge in [0.1, 0.15) is 5.82 Å². The quantitative estimate of drug-likeness (QED) is 0.832. The van der Waals surface area contributed by atoms with Crippen LogP contribution in [-0.2, 0) is 26.4 Å². The molecule has 116 valence electrons. The minimum absolute atomic E-state index is 0.193. The van der Waals surface area contributed by atoms with E-state index < -0.39 is 0 Å². The Hall–Kier alpha value is -1.14. The van der Waals surface area contributed by atoms with E-state index in [1.165, 1.54) is 5.69 Å². The van der Waals surface area contributed by atoms with Crippen LogP contribution in [0.15, 0.2) is 16.9 Å². The lowest BCUT2D eigenvalue weighted by atomic mass is 10.1. The molecule has 0 aliphatic heterocycles. The number of hydrogen-bond acceptors (Lipinski definition) is 3. The number of hydrogen-bond donors (Lipinski definition) is 1. The average Bonchev–Trinajstić information content (AvgIpc) is 3.03.